The highest BCUT2D eigenvalue weighted by Gasteiger charge is 2.33. The molecule has 1 saturated carbocycles. The normalized spacial score (nSPS) is 19.2. The highest BCUT2D eigenvalue weighted by molar-refractivity contribution is 4.94. The number of rotatable bonds is 11. The van der Waals surface area contributed by atoms with Gasteiger partial charge in [-0.1, -0.05) is 0 Å². The molecular formula is C13H28N2O3. The van der Waals surface area contributed by atoms with E-state index in [-0.39, 0.29) is 12.1 Å². The Morgan fingerprint density at radius 2 is 1.78 bits per heavy atom. The van der Waals surface area contributed by atoms with Crippen LogP contribution in [0.15, 0.2) is 0 Å². The minimum Gasteiger partial charge on any atom is -0.394 e. The van der Waals surface area contributed by atoms with Crippen LogP contribution in [0.4, 0.5) is 0 Å². The molecule has 0 aromatic rings. The molecule has 0 amide bonds. The van der Waals surface area contributed by atoms with Crippen LogP contribution in [0.2, 0.25) is 0 Å². The fourth-order valence-corrected chi connectivity index (χ4v) is 2.07. The lowest BCUT2D eigenvalue weighted by atomic mass is 10.0. The molecule has 1 atom stereocenters. The second-order valence-corrected chi connectivity index (χ2v) is 5.40. The second kappa shape index (κ2) is 8.07. The van der Waals surface area contributed by atoms with Gasteiger partial charge in [0, 0.05) is 39.9 Å². The van der Waals surface area contributed by atoms with Crippen LogP contribution in [0.25, 0.3) is 0 Å². The van der Waals surface area contributed by atoms with Crippen molar-refractivity contribution in [2.75, 3.05) is 53.7 Å². The first-order valence-corrected chi connectivity index (χ1v) is 6.72. The van der Waals surface area contributed by atoms with Crippen LogP contribution in [0.1, 0.15) is 19.8 Å². The fraction of sp³-hybridized carbons (Fsp3) is 1.00. The average Bonchev–Trinajstić information content (AvgIpc) is 3.16. The van der Waals surface area contributed by atoms with Crippen LogP contribution >= 0.6 is 0 Å². The predicted molar refractivity (Wildman–Crippen MR) is 71.8 cm³/mol. The Bertz CT molecular complexity index is 216. The summed E-state index contributed by atoms with van der Waals surface area (Å²) in [6, 6.07) is 0.592. The smallest absolute Gasteiger partial charge is 0.0623 e. The highest BCUT2D eigenvalue weighted by atomic mass is 16.5. The van der Waals surface area contributed by atoms with Gasteiger partial charge in [0.2, 0.25) is 0 Å². The minimum atomic E-state index is -0.233. The van der Waals surface area contributed by atoms with Gasteiger partial charge in [0.15, 0.2) is 0 Å². The minimum absolute atomic E-state index is 0.153. The van der Waals surface area contributed by atoms with Gasteiger partial charge in [-0.15, -0.1) is 0 Å². The van der Waals surface area contributed by atoms with Gasteiger partial charge in [-0.2, -0.15) is 0 Å². The molecule has 0 heterocycles. The number of ether oxygens (including phenoxy) is 2. The summed E-state index contributed by atoms with van der Waals surface area (Å²) in [6.07, 6.45) is 2.46. The van der Waals surface area contributed by atoms with E-state index in [0.717, 1.165) is 19.6 Å². The van der Waals surface area contributed by atoms with Crippen molar-refractivity contribution < 1.29 is 14.6 Å². The van der Waals surface area contributed by atoms with Gasteiger partial charge in [0.25, 0.3) is 0 Å². The number of nitrogens with one attached hydrogen (secondary N) is 1. The third-order valence-electron chi connectivity index (χ3n) is 3.27. The highest BCUT2D eigenvalue weighted by Crippen LogP contribution is 2.22. The molecule has 2 N–H and O–H groups in total. The molecular weight excluding hydrogens is 232 g/mol. The molecule has 5 heteroatoms. The molecule has 0 aliphatic heterocycles. The zero-order valence-corrected chi connectivity index (χ0v) is 11.9. The first-order chi connectivity index (χ1) is 8.63. The van der Waals surface area contributed by atoms with Gasteiger partial charge in [0.05, 0.1) is 25.4 Å². The molecule has 1 rings (SSSR count). The summed E-state index contributed by atoms with van der Waals surface area (Å²) in [5.41, 5.74) is -0.233. The van der Waals surface area contributed by atoms with Crippen LogP contribution in [0.3, 0.4) is 0 Å². The molecule has 0 bridgehead atoms. The monoisotopic (exact) mass is 260 g/mol. The van der Waals surface area contributed by atoms with Gasteiger partial charge >= 0.3 is 0 Å². The molecule has 0 aromatic heterocycles. The molecule has 1 fully saturated rings. The first-order valence-electron chi connectivity index (χ1n) is 6.72. The van der Waals surface area contributed by atoms with E-state index in [9.17, 15) is 5.11 Å². The third kappa shape index (κ3) is 6.11. The van der Waals surface area contributed by atoms with Crippen molar-refractivity contribution in [1.82, 2.24) is 10.2 Å². The number of aliphatic hydroxyl groups excluding tert-OH is 1. The van der Waals surface area contributed by atoms with Crippen molar-refractivity contribution in [3.8, 4) is 0 Å². The molecule has 18 heavy (non-hydrogen) atoms. The third-order valence-corrected chi connectivity index (χ3v) is 3.27. The summed E-state index contributed by atoms with van der Waals surface area (Å²) >= 11 is 0. The number of methoxy groups -OCH3 is 2. The maximum absolute atomic E-state index is 9.61. The van der Waals surface area contributed by atoms with E-state index in [1.807, 2.05) is 0 Å². The molecule has 5 nitrogen and oxygen atoms in total. The lowest BCUT2D eigenvalue weighted by molar-refractivity contribution is 0.0740. The second-order valence-electron chi connectivity index (χ2n) is 5.40. The Hall–Kier alpha value is -0.200. The molecule has 1 unspecified atom stereocenters. The first kappa shape index (κ1) is 15.9. The maximum atomic E-state index is 9.61. The van der Waals surface area contributed by atoms with Crippen molar-refractivity contribution >= 4 is 0 Å². The van der Waals surface area contributed by atoms with Gasteiger partial charge < -0.3 is 19.9 Å². The Morgan fingerprint density at radius 1 is 1.22 bits per heavy atom. The Labute approximate surface area is 110 Å². The van der Waals surface area contributed by atoms with Crippen molar-refractivity contribution in [2.24, 2.45) is 0 Å². The summed E-state index contributed by atoms with van der Waals surface area (Å²) < 4.78 is 10.3. The Morgan fingerprint density at radius 3 is 2.17 bits per heavy atom. The Balaban J connectivity index is 2.42. The Kier molecular flexibility index (Phi) is 7.11. The van der Waals surface area contributed by atoms with E-state index in [1.54, 1.807) is 14.2 Å². The van der Waals surface area contributed by atoms with E-state index in [1.165, 1.54) is 12.8 Å². The van der Waals surface area contributed by atoms with Crippen molar-refractivity contribution in [1.29, 1.82) is 0 Å². The number of aliphatic hydroxyl groups is 1. The lowest BCUT2D eigenvalue weighted by Crippen LogP contribution is -2.55. The average molecular weight is 260 g/mol. The van der Waals surface area contributed by atoms with E-state index in [4.69, 9.17) is 9.47 Å². The van der Waals surface area contributed by atoms with Gasteiger partial charge in [-0.3, -0.25) is 4.90 Å². The van der Waals surface area contributed by atoms with E-state index in [0.29, 0.717) is 19.3 Å². The number of hydrogen-bond donors (Lipinski definition) is 2. The van der Waals surface area contributed by atoms with Crippen molar-refractivity contribution in [3.63, 3.8) is 0 Å². The van der Waals surface area contributed by atoms with Crippen LogP contribution in [0, 0.1) is 0 Å². The maximum Gasteiger partial charge on any atom is 0.0623 e. The molecule has 0 spiro atoms. The molecule has 0 aromatic carbocycles. The van der Waals surface area contributed by atoms with Gasteiger partial charge in [-0.05, 0) is 19.8 Å². The zero-order chi connectivity index (χ0) is 13.4. The molecule has 0 saturated heterocycles. The topological polar surface area (TPSA) is 54.0 Å². The van der Waals surface area contributed by atoms with E-state index in [2.05, 4.69) is 17.1 Å². The molecule has 0 radical (unpaired) electrons. The summed E-state index contributed by atoms with van der Waals surface area (Å²) in [7, 11) is 3.42. The molecule has 108 valence electrons. The lowest BCUT2D eigenvalue weighted by Gasteiger charge is -2.35. The summed E-state index contributed by atoms with van der Waals surface area (Å²) in [4.78, 5) is 2.28. The van der Waals surface area contributed by atoms with Gasteiger partial charge in [0.1, 0.15) is 0 Å². The van der Waals surface area contributed by atoms with Crippen LogP contribution < -0.4 is 5.32 Å². The summed E-state index contributed by atoms with van der Waals surface area (Å²) in [5.74, 6) is 0. The number of nitrogens with zero attached hydrogens (tertiary/aromatic N) is 1. The summed E-state index contributed by atoms with van der Waals surface area (Å²) in [5, 5.41) is 13.1. The fourth-order valence-electron chi connectivity index (χ4n) is 2.07. The zero-order valence-electron chi connectivity index (χ0n) is 11.9. The van der Waals surface area contributed by atoms with Crippen LogP contribution in [-0.2, 0) is 9.47 Å². The van der Waals surface area contributed by atoms with Gasteiger partial charge in [-0.25, -0.2) is 0 Å². The van der Waals surface area contributed by atoms with Crippen molar-refractivity contribution in [2.45, 2.75) is 31.3 Å². The van der Waals surface area contributed by atoms with Crippen LogP contribution in [0.5, 0.6) is 0 Å². The van der Waals surface area contributed by atoms with E-state index < -0.39 is 0 Å². The summed E-state index contributed by atoms with van der Waals surface area (Å²) in [6.45, 7) is 6.18. The largest absolute Gasteiger partial charge is 0.394 e. The molecule has 1 aliphatic rings. The van der Waals surface area contributed by atoms with Crippen molar-refractivity contribution in [3.05, 3.63) is 0 Å². The van der Waals surface area contributed by atoms with E-state index >= 15 is 0 Å². The quantitative estimate of drug-likeness (QED) is 0.551. The SMILES string of the molecule is COCCN(CCOC)CC(C)(CO)NC1CC1. The molecule has 1 aliphatic carbocycles. The number of hydrogen-bond acceptors (Lipinski definition) is 5. The van der Waals surface area contributed by atoms with Crippen LogP contribution in [-0.4, -0.2) is 75.3 Å². The predicted octanol–water partition coefficient (Wildman–Crippen LogP) is 0.0842. The standard InChI is InChI=1S/C13H28N2O3/c1-13(11-16,14-12-4-5-12)10-15(6-8-17-2)7-9-18-3/h12,14,16H,4-11H2,1-3H3.